The van der Waals surface area contributed by atoms with E-state index in [1.54, 1.807) is 0 Å². The molecule has 4 nitrogen and oxygen atoms in total. The van der Waals surface area contributed by atoms with Crippen molar-refractivity contribution in [3.05, 3.63) is 0 Å². The van der Waals surface area contributed by atoms with Gasteiger partial charge in [0.1, 0.15) is 0 Å². The molecule has 0 radical (unpaired) electrons. The highest BCUT2D eigenvalue weighted by molar-refractivity contribution is 5.74. The van der Waals surface area contributed by atoms with E-state index >= 15 is 0 Å². The summed E-state index contributed by atoms with van der Waals surface area (Å²) in [4.78, 5) is 11.7. The highest BCUT2D eigenvalue weighted by atomic mass is 16.3. The Morgan fingerprint density at radius 3 is 2.44 bits per heavy atom. The molecule has 0 aliphatic rings. The van der Waals surface area contributed by atoms with Gasteiger partial charge in [-0.1, -0.05) is 34.1 Å². The lowest BCUT2D eigenvalue weighted by molar-refractivity contribution is 0.200. The highest BCUT2D eigenvalue weighted by Crippen LogP contribution is 2.17. The van der Waals surface area contributed by atoms with Crippen LogP contribution in [0.1, 0.15) is 53.9 Å². The SMILES string of the molecule is CCC(C)CC(C)NC(=O)NCC(C)(C)CCO. The molecule has 0 spiro atoms. The molecule has 0 aliphatic carbocycles. The van der Waals surface area contributed by atoms with E-state index in [2.05, 4.69) is 24.5 Å². The van der Waals surface area contributed by atoms with Gasteiger partial charge in [-0.15, -0.1) is 0 Å². The fourth-order valence-corrected chi connectivity index (χ4v) is 1.81. The highest BCUT2D eigenvalue weighted by Gasteiger charge is 2.18. The molecule has 2 unspecified atom stereocenters. The van der Waals surface area contributed by atoms with Gasteiger partial charge < -0.3 is 15.7 Å². The van der Waals surface area contributed by atoms with Crippen LogP contribution in [-0.2, 0) is 0 Å². The molecule has 2 amide bonds. The van der Waals surface area contributed by atoms with Crippen LogP contribution in [0.4, 0.5) is 4.79 Å². The summed E-state index contributed by atoms with van der Waals surface area (Å²) >= 11 is 0. The lowest BCUT2D eigenvalue weighted by Crippen LogP contribution is -2.44. The normalized spacial score (nSPS) is 15.0. The van der Waals surface area contributed by atoms with Gasteiger partial charge in [-0.05, 0) is 31.1 Å². The van der Waals surface area contributed by atoms with Crippen LogP contribution in [0, 0.1) is 11.3 Å². The van der Waals surface area contributed by atoms with Crippen molar-refractivity contribution in [3.63, 3.8) is 0 Å². The van der Waals surface area contributed by atoms with E-state index in [4.69, 9.17) is 5.11 Å². The molecule has 0 bridgehead atoms. The largest absolute Gasteiger partial charge is 0.396 e. The Hall–Kier alpha value is -0.770. The van der Waals surface area contributed by atoms with Gasteiger partial charge in [-0.3, -0.25) is 0 Å². The number of carbonyl (C=O) groups is 1. The minimum absolute atomic E-state index is 0.0635. The zero-order chi connectivity index (χ0) is 14.2. The molecule has 0 saturated carbocycles. The maximum Gasteiger partial charge on any atom is 0.315 e. The van der Waals surface area contributed by atoms with Crippen molar-refractivity contribution in [2.45, 2.75) is 59.9 Å². The molecule has 0 aromatic carbocycles. The predicted molar refractivity (Wildman–Crippen MR) is 75.6 cm³/mol. The lowest BCUT2D eigenvalue weighted by Gasteiger charge is -2.25. The number of hydrogen-bond acceptors (Lipinski definition) is 2. The summed E-state index contributed by atoms with van der Waals surface area (Å²) in [6.07, 6.45) is 2.83. The van der Waals surface area contributed by atoms with E-state index in [9.17, 15) is 4.79 Å². The number of aliphatic hydroxyl groups is 1. The fourth-order valence-electron chi connectivity index (χ4n) is 1.81. The second-order valence-corrected chi connectivity index (χ2v) is 6.12. The van der Waals surface area contributed by atoms with Crippen LogP contribution in [0.15, 0.2) is 0 Å². The van der Waals surface area contributed by atoms with Crippen LogP contribution in [0.25, 0.3) is 0 Å². The molecule has 108 valence electrons. The first-order valence-electron chi connectivity index (χ1n) is 6.96. The van der Waals surface area contributed by atoms with Gasteiger partial charge in [0.2, 0.25) is 0 Å². The molecule has 0 saturated heterocycles. The van der Waals surface area contributed by atoms with Crippen LogP contribution in [-0.4, -0.2) is 30.3 Å². The van der Waals surface area contributed by atoms with Gasteiger partial charge in [0.25, 0.3) is 0 Å². The standard InChI is InChI=1S/C14H30N2O2/c1-6-11(2)9-12(3)16-13(18)15-10-14(4,5)7-8-17/h11-12,17H,6-10H2,1-5H3,(H2,15,16,18). The predicted octanol–water partition coefficient (Wildman–Crippen LogP) is 2.52. The quantitative estimate of drug-likeness (QED) is 0.626. The van der Waals surface area contributed by atoms with Crippen molar-refractivity contribution in [1.29, 1.82) is 0 Å². The van der Waals surface area contributed by atoms with Crippen LogP contribution in [0.3, 0.4) is 0 Å². The molecule has 0 rings (SSSR count). The third-order valence-electron chi connectivity index (χ3n) is 3.35. The number of carbonyl (C=O) groups excluding carboxylic acids is 1. The molecule has 18 heavy (non-hydrogen) atoms. The number of urea groups is 1. The first-order chi connectivity index (χ1) is 8.30. The second-order valence-electron chi connectivity index (χ2n) is 6.12. The van der Waals surface area contributed by atoms with Crippen molar-refractivity contribution in [2.24, 2.45) is 11.3 Å². The Morgan fingerprint density at radius 1 is 1.33 bits per heavy atom. The van der Waals surface area contributed by atoms with Gasteiger partial charge in [0.05, 0.1) is 0 Å². The Bertz CT molecular complexity index is 242. The van der Waals surface area contributed by atoms with E-state index in [0.717, 1.165) is 12.8 Å². The summed E-state index contributed by atoms with van der Waals surface area (Å²) < 4.78 is 0. The van der Waals surface area contributed by atoms with Crippen LogP contribution >= 0.6 is 0 Å². The molecule has 3 N–H and O–H groups in total. The molecule has 0 aromatic rings. The molecular weight excluding hydrogens is 228 g/mol. The average molecular weight is 258 g/mol. The van der Waals surface area contributed by atoms with Crippen LogP contribution in [0.2, 0.25) is 0 Å². The Balaban J connectivity index is 3.90. The molecular formula is C14H30N2O2. The zero-order valence-electron chi connectivity index (χ0n) is 12.5. The van der Waals surface area contributed by atoms with Gasteiger partial charge in [0, 0.05) is 19.2 Å². The van der Waals surface area contributed by atoms with Crippen molar-refractivity contribution >= 4 is 6.03 Å². The topological polar surface area (TPSA) is 61.4 Å². The van der Waals surface area contributed by atoms with Crippen molar-refractivity contribution in [2.75, 3.05) is 13.2 Å². The van der Waals surface area contributed by atoms with Crippen LogP contribution in [0.5, 0.6) is 0 Å². The number of rotatable bonds is 8. The third kappa shape index (κ3) is 8.34. The Kier molecular flexibility index (Phi) is 8.00. The maximum absolute atomic E-state index is 11.7. The van der Waals surface area contributed by atoms with Crippen molar-refractivity contribution in [1.82, 2.24) is 10.6 Å². The number of hydrogen-bond donors (Lipinski definition) is 3. The summed E-state index contributed by atoms with van der Waals surface area (Å²) in [6, 6.07) is 0.0812. The van der Waals surface area contributed by atoms with Gasteiger partial charge in [-0.25, -0.2) is 4.79 Å². The molecule has 0 heterocycles. The van der Waals surface area contributed by atoms with Gasteiger partial charge in [0.15, 0.2) is 0 Å². The summed E-state index contributed by atoms with van der Waals surface area (Å²) in [5.74, 6) is 0.631. The van der Waals surface area contributed by atoms with E-state index in [1.165, 1.54) is 0 Å². The molecule has 4 heteroatoms. The average Bonchev–Trinajstić information content (AvgIpc) is 2.26. The lowest BCUT2D eigenvalue weighted by atomic mass is 9.90. The fraction of sp³-hybridized carbons (Fsp3) is 0.929. The number of amides is 2. The summed E-state index contributed by atoms with van der Waals surface area (Å²) in [5.41, 5.74) is -0.0635. The van der Waals surface area contributed by atoms with Crippen LogP contribution < -0.4 is 10.6 Å². The first-order valence-corrected chi connectivity index (χ1v) is 6.96. The van der Waals surface area contributed by atoms with Crippen molar-refractivity contribution in [3.8, 4) is 0 Å². The minimum atomic E-state index is -0.114. The Labute approximate surface area is 112 Å². The van der Waals surface area contributed by atoms with Gasteiger partial charge >= 0.3 is 6.03 Å². The monoisotopic (exact) mass is 258 g/mol. The number of aliphatic hydroxyl groups excluding tert-OH is 1. The maximum atomic E-state index is 11.7. The zero-order valence-corrected chi connectivity index (χ0v) is 12.5. The molecule has 0 aromatic heterocycles. The smallest absolute Gasteiger partial charge is 0.315 e. The van der Waals surface area contributed by atoms with E-state index in [1.807, 2.05) is 20.8 Å². The number of nitrogens with one attached hydrogen (secondary N) is 2. The van der Waals surface area contributed by atoms with Crippen molar-refractivity contribution < 1.29 is 9.90 Å². The third-order valence-corrected chi connectivity index (χ3v) is 3.35. The minimum Gasteiger partial charge on any atom is -0.396 e. The molecule has 2 atom stereocenters. The first kappa shape index (κ1) is 17.2. The Morgan fingerprint density at radius 2 is 1.94 bits per heavy atom. The summed E-state index contributed by atoms with van der Waals surface area (Å²) in [6.45, 7) is 11.2. The molecule has 0 aliphatic heterocycles. The summed E-state index contributed by atoms with van der Waals surface area (Å²) in [5, 5.41) is 14.7. The summed E-state index contributed by atoms with van der Waals surface area (Å²) in [7, 11) is 0. The van der Waals surface area contributed by atoms with E-state index in [0.29, 0.717) is 18.9 Å². The second kappa shape index (κ2) is 8.35. The van der Waals surface area contributed by atoms with E-state index < -0.39 is 0 Å². The molecule has 0 fully saturated rings. The van der Waals surface area contributed by atoms with E-state index in [-0.39, 0.29) is 24.1 Å². The van der Waals surface area contributed by atoms with Gasteiger partial charge in [-0.2, -0.15) is 0 Å².